The highest BCUT2D eigenvalue weighted by Crippen LogP contribution is 2.28. The molecule has 1 aliphatic heterocycles. The van der Waals surface area contributed by atoms with E-state index in [4.69, 9.17) is 9.47 Å². The van der Waals surface area contributed by atoms with Gasteiger partial charge in [-0.05, 0) is 51.8 Å². The molecule has 0 unspecified atom stereocenters. The second-order valence-corrected chi connectivity index (χ2v) is 8.35. The fraction of sp³-hybridized carbons (Fsp3) is 0.571. The third-order valence-electron chi connectivity index (χ3n) is 4.63. The van der Waals surface area contributed by atoms with Crippen LogP contribution < -0.4 is 10.1 Å². The van der Waals surface area contributed by atoms with E-state index in [1.807, 2.05) is 20.8 Å². The maximum Gasteiger partial charge on any atom is 0.410 e. The Morgan fingerprint density at radius 2 is 1.76 bits per heavy atom. The molecule has 2 rings (SSSR count). The summed E-state index contributed by atoms with van der Waals surface area (Å²) in [5.74, 6) is -0.0538. The molecule has 29 heavy (non-hydrogen) atoms. The first-order valence-corrected chi connectivity index (χ1v) is 9.70. The van der Waals surface area contributed by atoms with Crippen molar-refractivity contribution in [2.24, 2.45) is 5.92 Å². The summed E-state index contributed by atoms with van der Waals surface area (Å²) < 4.78 is 10.7. The van der Waals surface area contributed by atoms with E-state index < -0.39 is 5.60 Å². The summed E-state index contributed by atoms with van der Waals surface area (Å²) in [6.45, 7) is 6.40. The number of carbonyl (C=O) groups is 3. The van der Waals surface area contributed by atoms with Gasteiger partial charge in [-0.3, -0.25) is 9.59 Å². The quantitative estimate of drug-likeness (QED) is 0.832. The molecule has 0 saturated carbocycles. The van der Waals surface area contributed by atoms with Crippen LogP contribution in [0.25, 0.3) is 0 Å². The van der Waals surface area contributed by atoms with Gasteiger partial charge in [-0.1, -0.05) is 0 Å². The summed E-state index contributed by atoms with van der Waals surface area (Å²) in [5, 5.41) is 2.88. The van der Waals surface area contributed by atoms with Crippen molar-refractivity contribution >= 4 is 23.6 Å². The maximum absolute atomic E-state index is 12.8. The Morgan fingerprint density at radius 3 is 2.28 bits per heavy atom. The van der Waals surface area contributed by atoms with E-state index in [0.717, 1.165) is 0 Å². The van der Waals surface area contributed by atoms with Crippen LogP contribution in [0.15, 0.2) is 18.2 Å². The van der Waals surface area contributed by atoms with Crippen molar-refractivity contribution < 1.29 is 23.9 Å². The fourth-order valence-corrected chi connectivity index (χ4v) is 3.08. The van der Waals surface area contributed by atoms with Crippen LogP contribution in [-0.4, -0.2) is 67.6 Å². The van der Waals surface area contributed by atoms with E-state index in [2.05, 4.69) is 5.32 Å². The van der Waals surface area contributed by atoms with Crippen molar-refractivity contribution in [2.75, 3.05) is 39.6 Å². The molecular formula is C21H31N3O5. The van der Waals surface area contributed by atoms with Gasteiger partial charge < -0.3 is 24.6 Å². The number of carbonyl (C=O) groups excluding carboxylic acids is 3. The number of likely N-dealkylation sites (tertiary alicyclic amines) is 1. The molecule has 0 aromatic heterocycles. The zero-order valence-electron chi connectivity index (χ0n) is 18.1. The number of nitrogens with zero attached hydrogens (tertiary/aromatic N) is 2. The first-order valence-electron chi connectivity index (χ1n) is 9.70. The van der Waals surface area contributed by atoms with Gasteiger partial charge in [0.2, 0.25) is 5.91 Å². The number of hydrogen-bond acceptors (Lipinski definition) is 5. The van der Waals surface area contributed by atoms with Crippen LogP contribution in [0.3, 0.4) is 0 Å². The van der Waals surface area contributed by atoms with Gasteiger partial charge in [0.15, 0.2) is 0 Å². The maximum atomic E-state index is 12.8. The van der Waals surface area contributed by atoms with Crippen LogP contribution in [0.1, 0.15) is 44.0 Å². The Kier molecular flexibility index (Phi) is 7.11. The molecular weight excluding hydrogens is 374 g/mol. The molecule has 0 spiro atoms. The molecule has 1 heterocycles. The molecule has 8 heteroatoms. The van der Waals surface area contributed by atoms with Crippen LogP contribution in [0.2, 0.25) is 0 Å². The van der Waals surface area contributed by atoms with Crippen molar-refractivity contribution in [3.63, 3.8) is 0 Å². The van der Waals surface area contributed by atoms with Crippen molar-refractivity contribution in [1.29, 1.82) is 0 Å². The van der Waals surface area contributed by atoms with E-state index in [0.29, 0.717) is 42.9 Å². The van der Waals surface area contributed by atoms with Crippen LogP contribution in [-0.2, 0) is 9.53 Å². The highest BCUT2D eigenvalue weighted by molar-refractivity contribution is 5.98. The minimum Gasteiger partial charge on any atom is -0.495 e. The summed E-state index contributed by atoms with van der Waals surface area (Å²) in [7, 11) is 4.85. The number of piperidine rings is 1. The SMILES string of the molecule is COc1ccc(C(=O)N(C)C)cc1NC(=O)C1CCN(C(=O)OC(C)(C)C)CC1. The van der Waals surface area contributed by atoms with Gasteiger partial charge in [0, 0.05) is 38.7 Å². The smallest absolute Gasteiger partial charge is 0.410 e. The first-order chi connectivity index (χ1) is 13.5. The average Bonchev–Trinajstić information content (AvgIpc) is 2.66. The van der Waals surface area contributed by atoms with Crippen LogP contribution in [0.5, 0.6) is 5.75 Å². The van der Waals surface area contributed by atoms with Gasteiger partial charge in [-0.25, -0.2) is 4.79 Å². The van der Waals surface area contributed by atoms with Crippen molar-refractivity contribution in [2.45, 2.75) is 39.2 Å². The minimum absolute atomic E-state index is 0.151. The summed E-state index contributed by atoms with van der Waals surface area (Å²) in [6, 6.07) is 4.95. The van der Waals surface area contributed by atoms with Gasteiger partial charge >= 0.3 is 6.09 Å². The fourth-order valence-electron chi connectivity index (χ4n) is 3.08. The van der Waals surface area contributed by atoms with Crippen LogP contribution >= 0.6 is 0 Å². The van der Waals surface area contributed by atoms with Crippen molar-refractivity contribution in [3.8, 4) is 5.75 Å². The highest BCUT2D eigenvalue weighted by Gasteiger charge is 2.30. The summed E-state index contributed by atoms with van der Waals surface area (Å²) >= 11 is 0. The Labute approximate surface area is 172 Å². The molecule has 0 atom stereocenters. The van der Waals surface area contributed by atoms with E-state index in [1.165, 1.54) is 12.0 Å². The van der Waals surface area contributed by atoms with E-state index in [9.17, 15) is 14.4 Å². The number of hydrogen-bond donors (Lipinski definition) is 1. The van der Waals surface area contributed by atoms with E-state index in [-0.39, 0.29) is 23.8 Å². The number of methoxy groups -OCH3 is 1. The van der Waals surface area contributed by atoms with Gasteiger partial charge in [0.05, 0.1) is 12.8 Å². The third-order valence-corrected chi connectivity index (χ3v) is 4.63. The second-order valence-electron chi connectivity index (χ2n) is 8.35. The standard InChI is InChI=1S/C21H31N3O5/c1-21(2,3)29-20(27)24-11-9-14(10-12-24)18(25)22-16-13-15(19(26)23(4)5)7-8-17(16)28-6/h7-8,13-14H,9-12H2,1-6H3,(H,22,25). The molecule has 1 saturated heterocycles. The Bertz CT molecular complexity index is 762. The lowest BCUT2D eigenvalue weighted by atomic mass is 9.96. The molecule has 1 aliphatic rings. The molecule has 8 nitrogen and oxygen atoms in total. The molecule has 1 N–H and O–H groups in total. The molecule has 3 amide bonds. The Balaban J connectivity index is 2.01. The largest absolute Gasteiger partial charge is 0.495 e. The first kappa shape index (κ1) is 22.5. The van der Waals surface area contributed by atoms with Crippen LogP contribution in [0.4, 0.5) is 10.5 Å². The topological polar surface area (TPSA) is 88.2 Å². The Morgan fingerprint density at radius 1 is 1.14 bits per heavy atom. The molecule has 160 valence electrons. The highest BCUT2D eigenvalue weighted by atomic mass is 16.6. The van der Waals surface area contributed by atoms with Gasteiger partial charge in [0.1, 0.15) is 11.4 Å². The number of nitrogens with one attached hydrogen (secondary N) is 1. The Hall–Kier alpha value is -2.77. The summed E-state index contributed by atoms with van der Waals surface area (Å²) in [5.41, 5.74) is 0.377. The predicted octanol–water partition coefficient (Wildman–Crippen LogP) is 2.98. The molecule has 1 aromatic rings. The number of amides is 3. The average molecular weight is 405 g/mol. The predicted molar refractivity (Wildman–Crippen MR) is 110 cm³/mol. The number of rotatable bonds is 4. The summed E-state index contributed by atoms with van der Waals surface area (Å²) in [6.07, 6.45) is 0.737. The van der Waals surface area contributed by atoms with Crippen molar-refractivity contribution in [1.82, 2.24) is 9.80 Å². The van der Waals surface area contributed by atoms with Gasteiger partial charge in [-0.15, -0.1) is 0 Å². The number of anilines is 1. The number of benzene rings is 1. The van der Waals surface area contributed by atoms with Crippen LogP contribution in [0, 0.1) is 5.92 Å². The van der Waals surface area contributed by atoms with Gasteiger partial charge in [-0.2, -0.15) is 0 Å². The van der Waals surface area contributed by atoms with E-state index in [1.54, 1.807) is 37.2 Å². The normalized spacial score (nSPS) is 14.9. The monoisotopic (exact) mass is 405 g/mol. The lowest BCUT2D eigenvalue weighted by molar-refractivity contribution is -0.121. The van der Waals surface area contributed by atoms with E-state index >= 15 is 0 Å². The molecule has 0 aliphatic carbocycles. The molecule has 0 bridgehead atoms. The van der Waals surface area contributed by atoms with Gasteiger partial charge in [0.25, 0.3) is 5.91 Å². The summed E-state index contributed by atoms with van der Waals surface area (Å²) in [4.78, 5) is 40.2. The zero-order chi connectivity index (χ0) is 21.8. The zero-order valence-corrected chi connectivity index (χ0v) is 18.1. The lowest BCUT2D eigenvalue weighted by Gasteiger charge is -2.33. The molecule has 1 aromatic carbocycles. The molecule has 1 fully saturated rings. The lowest BCUT2D eigenvalue weighted by Crippen LogP contribution is -2.43. The number of ether oxygens (including phenoxy) is 2. The third kappa shape index (κ3) is 6.10. The molecule has 0 radical (unpaired) electrons. The minimum atomic E-state index is -0.545. The second kappa shape index (κ2) is 9.15. The van der Waals surface area contributed by atoms with Crippen molar-refractivity contribution in [3.05, 3.63) is 23.8 Å².